The van der Waals surface area contributed by atoms with Gasteiger partial charge in [0.15, 0.2) is 18.1 Å². The normalized spacial score (nSPS) is 11.4. The van der Waals surface area contributed by atoms with E-state index in [1.807, 2.05) is 12.1 Å². The number of methoxy groups -OCH3 is 1. The molecule has 0 saturated heterocycles. The van der Waals surface area contributed by atoms with Crippen LogP contribution in [0.4, 0.5) is 0 Å². The average Bonchev–Trinajstić information content (AvgIpc) is 2.69. The molecule has 2 aromatic rings. The van der Waals surface area contributed by atoms with Crippen molar-refractivity contribution in [3.63, 3.8) is 0 Å². The molecule has 0 spiro atoms. The second kappa shape index (κ2) is 9.83. The van der Waals surface area contributed by atoms with Crippen molar-refractivity contribution in [3.8, 4) is 11.5 Å². The maximum atomic E-state index is 12.8. The number of benzene rings is 2. The molecule has 0 aromatic heterocycles. The van der Waals surface area contributed by atoms with E-state index in [4.69, 9.17) is 21.1 Å². The summed E-state index contributed by atoms with van der Waals surface area (Å²) >= 11 is 6.03. The maximum Gasteiger partial charge on any atom is 0.261 e. The van der Waals surface area contributed by atoms with Gasteiger partial charge in [0.2, 0.25) is 5.91 Å². The van der Waals surface area contributed by atoms with Crippen molar-refractivity contribution < 1.29 is 19.1 Å². The molecule has 0 heterocycles. The number of rotatable bonds is 8. The van der Waals surface area contributed by atoms with Gasteiger partial charge in [0.25, 0.3) is 5.91 Å². The van der Waals surface area contributed by atoms with Gasteiger partial charge in [-0.1, -0.05) is 35.9 Å². The molecule has 7 heteroatoms. The Kier molecular flexibility index (Phi) is 7.49. The maximum absolute atomic E-state index is 12.8. The van der Waals surface area contributed by atoms with E-state index in [1.54, 1.807) is 43.3 Å². The van der Waals surface area contributed by atoms with Crippen molar-refractivity contribution in [3.05, 3.63) is 59.1 Å². The number of carbonyl (C=O) groups is 2. The highest BCUT2D eigenvalue weighted by atomic mass is 35.5. The number of hydrogen-bond acceptors (Lipinski definition) is 4. The quantitative estimate of drug-likeness (QED) is 0.752. The second-order valence-electron chi connectivity index (χ2n) is 5.88. The van der Waals surface area contributed by atoms with Gasteiger partial charge < -0.3 is 19.7 Å². The number of likely N-dealkylation sites (N-methyl/N-ethyl adjacent to an activating group) is 1. The molecule has 27 heavy (non-hydrogen) atoms. The molecule has 0 unspecified atom stereocenters. The van der Waals surface area contributed by atoms with Gasteiger partial charge in [-0.25, -0.2) is 0 Å². The van der Waals surface area contributed by atoms with Crippen LogP contribution in [0.25, 0.3) is 0 Å². The zero-order chi connectivity index (χ0) is 19.8. The number of nitrogens with one attached hydrogen (secondary N) is 1. The minimum atomic E-state index is -0.664. The van der Waals surface area contributed by atoms with Gasteiger partial charge in [-0.3, -0.25) is 9.59 Å². The molecule has 2 aromatic carbocycles. The highest BCUT2D eigenvalue weighted by Crippen LogP contribution is 2.26. The van der Waals surface area contributed by atoms with Gasteiger partial charge in [-0.2, -0.15) is 0 Å². The summed E-state index contributed by atoms with van der Waals surface area (Å²) in [6.45, 7) is 1.69. The first kappa shape index (κ1) is 20.6. The fourth-order valence-corrected chi connectivity index (χ4v) is 2.80. The Hall–Kier alpha value is -2.73. The summed E-state index contributed by atoms with van der Waals surface area (Å²) in [4.78, 5) is 26.4. The van der Waals surface area contributed by atoms with E-state index in [2.05, 4.69) is 5.32 Å². The van der Waals surface area contributed by atoms with Crippen LogP contribution < -0.4 is 14.8 Å². The van der Waals surface area contributed by atoms with E-state index in [0.29, 0.717) is 16.5 Å². The zero-order valence-corrected chi connectivity index (χ0v) is 16.3. The number of ether oxygens (including phenoxy) is 2. The summed E-state index contributed by atoms with van der Waals surface area (Å²) in [6, 6.07) is 13.6. The van der Waals surface area contributed by atoms with E-state index in [-0.39, 0.29) is 25.0 Å². The summed E-state index contributed by atoms with van der Waals surface area (Å²) in [7, 11) is 3.06. The fraction of sp³-hybridized carbons (Fsp3) is 0.300. The summed E-state index contributed by atoms with van der Waals surface area (Å²) in [5.41, 5.74) is 0.823. The number of amides is 2. The van der Waals surface area contributed by atoms with Gasteiger partial charge in [0.1, 0.15) is 6.04 Å². The SMILES string of the molecule is CNC(=O)[C@@H](C)N(Cc1cccc(Cl)c1)C(=O)COc1ccccc1OC. The van der Waals surface area contributed by atoms with E-state index < -0.39 is 6.04 Å². The summed E-state index contributed by atoms with van der Waals surface area (Å²) < 4.78 is 10.8. The third-order valence-electron chi connectivity index (χ3n) is 4.08. The van der Waals surface area contributed by atoms with Crippen LogP contribution in [0.1, 0.15) is 12.5 Å². The van der Waals surface area contributed by atoms with Gasteiger partial charge in [0.05, 0.1) is 7.11 Å². The monoisotopic (exact) mass is 390 g/mol. The van der Waals surface area contributed by atoms with Crippen molar-refractivity contribution in [1.82, 2.24) is 10.2 Å². The Balaban J connectivity index is 2.16. The van der Waals surface area contributed by atoms with Crippen LogP contribution in [0.2, 0.25) is 5.02 Å². The summed E-state index contributed by atoms with van der Waals surface area (Å²) in [6.07, 6.45) is 0. The Morgan fingerprint density at radius 3 is 2.48 bits per heavy atom. The fourth-order valence-electron chi connectivity index (χ4n) is 2.58. The first-order valence-corrected chi connectivity index (χ1v) is 8.85. The van der Waals surface area contributed by atoms with Gasteiger partial charge >= 0.3 is 0 Å². The second-order valence-corrected chi connectivity index (χ2v) is 6.32. The number of carbonyl (C=O) groups excluding carboxylic acids is 2. The van der Waals surface area contributed by atoms with E-state index in [0.717, 1.165) is 5.56 Å². The minimum Gasteiger partial charge on any atom is -0.493 e. The zero-order valence-electron chi connectivity index (χ0n) is 15.6. The standard InChI is InChI=1S/C20H23ClN2O4/c1-14(20(25)22-2)23(12-15-7-6-8-16(21)11-15)19(24)13-27-18-10-5-4-9-17(18)26-3/h4-11,14H,12-13H2,1-3H3,(H,22,25)/t14-/m1/s1. The van der Waals surface area contributed by atoms with Crippen LogP contribution >= 0.6 is 11.6 Å². The van der Waals surface area contributed by atoms with Gasteiger partial charge in [-0.15, -0.1) is 0 Å². The average molecular weight is 391 g/mol. The lowest BCUT2D eigenvalue weighted by atomic mass is 10.1. The van der Waals surface area contributed by atoms with Crippen LogP contribution in [-0.4, -0.2) is 43.5 Å². The predicted molar refractivity (Wildman–Crippen MR) is 104 cm³/mol. The van der Waals surface area contributed by atoms with Crippen LogP contribution in [0.15, 0.2) is 48.5 Å². The first-order chi connectivity index (χ1) is 13.0. The molecule has 2 rings (SSSR count). The van der Waals surface area contributed by atoms with Crippen molar-refractivity contribution in [2.45, 2.75) is 19.5 Å². The molecule has 2 amide bonds. The van der Waals surface area contributed by atoms with Crippen LogP contribution in [-0.2, 0) is 16.1 Å². The predicted octanol–water partition coefficient (Wildman–Crippen LogP) is 2.89. The first-order valence-electron chi connectivity index (χ1n) is 8.47. The molecule has 1 atom stereocenters. The lowest BCUT2D eigenvalue weighted by Crippen LogP contribution is -2.48. The van der Waals surface area contributed by atoms with Crippen molar-refractivity contribution in [1.29, 1.82) is 0 Å². The van der Waals surface area contributed by atoms with Gasteiger partial charge in [0, 0.05) is 18.6 Å². The topological polar surface area (TPSA) is 67.9 Å². The molecule has 0 radical (unpaired) electrons. The molecule has 6 nitrogen and oxygen atoms in total. The Morgan fingerprint density at radius 1 is 1.15 bits per heavy atom. The highest BCUT2D eigenvalue weighted by molar-refractivity contribution is 6.30. The van der Waals surface area contributed by atoms with E-state index in [1.165, 1.54) is 19.1 Å². The number of para-hydroxylation sites is 2. The van der Waals surface area contributed by atoms with Crippen LogP contribution in [0.3, 0.4) is 0 Å². The third kappa shape index (κ3) is 5.62. The molecule has 0 aliphatic rings. The van der Waals surface area contributed by atoms with Gasteiger partial charge in [-0.05, 0) is 36.8 Å². The number of hydrogen-bond donors (Lipinski definition) is 1. The molecule has 0 saturated carbocycles. The smallest absolute Gasteiger partial charge is 0.261 e. The van der Waals surface area contributed by atoms with Crippen molar-refractivity contribution in [2.75, 3.05) is 20.8 Å². The summed E-state index contributed by atoms with van der Waals surface area (Å²) in [5, 5.41) is 3.14. The molecule has 0 aliphatic heterocycles. The molecule has 0 fully saturated rings. The van der Waals surface area contributed by atoms with E-state index >= 15 is 0 Å². The van der Waals surface area contributed by atoms with Crippen molar-refractivity contribution in [2.24, 2.45) is 0 Å². The molecule has 0 aliphatic carbocycles. The lowest BCUT2D eigenvalue weighted by molar-refractivity contribution is -0.142. The molecular weight excluding hydrogens is 368 g/mol. The molecule has 0 bridgehead atoms. The van der Waals surface area contributed by atoms with Crippen molar-refractivity contribution >= 4 is 23.4 Å². The number of halogens is 1. The van der Waals surface area contributed by atoms with Crippen LogP contribution in [0.5, 0.6) is 11.5 Å². The summed E-state index contributed by atoms with van der Waals surface area (Å²) in [5.74, 6) is 0.411. The minimum absolute atomic E-state index is 0.220. The number of nitrogens with zero attached hydrogens (tertiary/aromatic N) is 1. The molecule has 1 N–H and O–H groups in total. The highest BCUT2D eigenvalue weighted by Gasteiger charge is 2.26. The largest absolute Gasteiger partial charge is 0.493 e. The molecular formula is C20H23ClN2O4. The van der Waals surface area contributed by atoms with Crippen LogP contribution in [0, 0.1) is 0 Å². The Bertz CT molecular complexity index is 797. The van der Waals surface area contributed by atoms with E-state index in [9.17, 15) is 9.59 Å². The Morgan fingerprint density at radius 2 is 1.85 bits per heavy atom. The third-order valence-corrected chi connectivity index (χ3v) is 4.31. The molecule has 144 valence electrons. The Labute approximate surface area is 164 Å². The lowest BCUT2D eigenvalue weighted by Gasteiger charge is -2.28.